The van der Waals surface area contributed by atoms with Crippen molar-refractivity contribution in [3.8, 4) is 0 Å². The highest BCUT2D eigenvalue weighted by molar-refractivity contribution is 5.79. The zero-order valence-corrected chi connectivity index (χ0v) is 14.3. The fourth-order valence-electron chi connectivity index (χ4n) is 3.07. The van der Waals surface area contributed by atoms with E-state index in [4.69, 9.17) is 9.15 Å². The first-order valence-corrected chi connectivity index (χ1v) is 8.34. The molecule has 3 aromatic rings. The number of fused-ring (bicyclic) bond motifs is 2. The monoisotopic (exact) mass is 326 g/mol. The van der Waals surface area contributed by atoms with Crippen molar-refractivity contribution < 1.29 is 9.15 Å². The third-order valence-corrected chi connectivity index (χ3v) is 4.74. The van der Waals surface area contributed by atoms with Gasteiger partial charge in [0.15, 0.2) is 5.82 Å². The Morgan fingerprint density at radius 2 is 2.04 bits per heavy atom. The van der Waals surface area contributed by atoms with Crippen LogP contribution in [-0.2, 0) is 24.4 Å². The van der Waals surface area contributed by atoms with Crippen LogP contribution in [0.25, 0.3) is 11.0 Å². The second-order valence-corrected chi connectivity index (χ2v) is 6.46. The lowest BCUT2D eigenvalue weighted by Crippen LogP contribution is -2.23. The smallest absolute Gasteiger partial charge is 0.159 e. The fourth-order valence-corrected chi connectivity index (χ4v) is 3.07. The number of aromatic nitrogens is 3. The zero-order valence-electron chi connectivity index (χ0n) is 14.3. The van der Waals surface area contributed by atoms with Gasteiger partial charge in [-0.2, -0.15) is 0 Å². The molecule has 2 aromatic heterocycles. The number of hydrogen-bond donors (Lipinski definition) is 1. The highest BCUT2D eigenvalue weighted by atomic mass is 16.5. The largest absolute Gasteiger partial charge is 0.459 e. The van der Waals surface area contributed by atoms with E-state index in [1.807, 2.05) is 0 Å². The standard InChI is InChI=1S/C18H22N4O2/c1-11-6-14-8-15(24-16(14)7-12(11)2)13(3)19-9-17-20-21-18-10-23-5-4-22(17)18/h6-8,13,19H,4-5,9-10H2,1-3H3. The summed E-state index contributed by atoms with van der Waals surface area (Å²) in [4.78, 5) is 0. The van der Waals surface area contributed by atoms with Crippen LogP contribution in [0, 0.1) is 13.8 Å². The molecule has 24 heavy (non-hydrogen) atoms. The van der Waals surface area contributed by atoms with Gasteiger partial charge in [0.2, 0.25) is 0 Å². The van der Waals surface area contributed by atoms with Crippen molar-refractivity contribution in [2.24, 2.45) is 0 Å². The van der Waals surface area contributed by atoms with Crippen LogP contribution in [0.5, 0.6) is 0 Å². The summed E-state index contributed by atoms with van der Waals surface area (Å²) >= 11 is 0. The molecule has 126 valence electrons. The van der Waals surface area contributed by atoms with Gasteiger partial charge in [0.05, 0.1) is 19.2 Å². The van der Waals surface area contributed by atoms with E-state index in [1.165, 1.54) is 11.1 Å². The van der Waals surface area contributed by atoms with E-state index in [0.29, 0.717) is 13.2 Å². The lowest BCUT2D eigenvalue weighted by Gasteiger charge is -2.16. The molecule has 3 heterocycles. The van der Waals surface area contributed by atoms with Gasteiger partial charge in [-0.05, 0) is 50.1 Å². The van der Waals surface area contributed by atoms with Gasteiger partial charge in [-0.25, -0.2) is 0 Å². The van der Waals surface area contributed by atoms with E-state index in [0.717, 1.165) is 41.5 Å². The summed E-state index contributed by atoms with van der Waals surface area (Å²) in [6.07, 6.45) is 0. The first-order chi connectivity index (χ1) is 11.6. The molecule has 0 saturated heterocycles. The van der Waals surface area contributed by atoms with Crippen LogP contribution in [0.4, 0.5) is 0 Å². The van der Waals surface area contributed by atoms with Crippen molar-refractivity contribution >= 4 is 11.0 Å². The van der Waals surface area contributed by atoms with Crippen LogP contribution in [0.2, 0.25) is 0 Å². The minimum atomic E-state index is 0.103. The number of benzene rings is 1. The summed E-state index contributed by atoms with van der Waals surface area (Å²) in [5.74, 6) is 2.79. The summed E-state index contributed by atoms with van der Waals surface area (Å²) in [6, 6.07) is 6.51. The molecule has 1 N–H and O–H groups in total. The van der Waals surface area contributed by atoms with E-state index in [9.17, 15) is 0 Å². The van der Waals surface area contributed by atoms with Crippen molar-refractivity contribution in [3.05, 3.63) is 46.7 Å². The molecule has 1 atom stereocenters. The molecule has 0 radical (unpaired) electrons. The quantitative estimate of drug-likeness (QED) is 0.798. The molecule has 1 aliphatic rings. The minimum Gasteiger partial charge on any atom is -0.459 e. The number of furan rings is 1. The molecule has 1 unspecified atom stereocenters. The third kappa shape index (κ3) is 2.72. The first kappa shape index (κ1) is 15.4. The molecule has 0 bridgehead atoms. The number of ether oxygens (including phenoxy) is 1. The molecule has 0 amide bonds. The molecule has 0 aliphatic carbocycles. The Morgan fingerprint density at radius 1 is 1.21 bits per heavy atom. The molecule has 0 saturated carbocycles. The van der Waals surface area contributed by atoms with Gasteiger partial charge in [0, 0.05) is 11.9 Å². The Morgan fingerprint density at radius 3 is 2.92 bits per heavy atom. The van der Waals surface area contributed by atoms with Crippen LogP contribution in [-0.4, -0.2) is 21.4 Å². The van der Waals surface area contributed by atoms with Crippen LogP contribution in [0.3, 0.4) is 0 Å². The minimum absolute atomic E-state index is 0.103. The fraction of sp³-hybridized carbons (Fsp3) is 0.444. The van der Waals surface area contributed by atoms with Crippen molar-refractivity contribution in [1.82, 2.24) is 20.1 Å². The second-order valence-electron chi connectivity index (χ2n) is 6.46. The molecule has 6 nitrogen and oxygen atoms in total. The maximum Gasteiger partial charge on any atom is 0.159 e. The number of nitrogens with one attached hydrogen (secondary N) is 1. The average molecular weight is 326 g/mol. The van der Waals surface area contributed by atoms with Crippen molar-refractivity contribution in [3.63, 3.8) is 0 Å². The molecule has 0 spiro atoms. The molecule has 0 fully saturated rings. The maximum atomic E-state index is 6.02. The zero-order chi connectivity index (χ0) is 16.7. The van der Waals surface area contributed by atoms with Crippen LogP contribution < -0.4 is 5.32 Å². The van der Waals surface area contributed by atoms with Gasteiger partial charge in [-0.15, -0.1) is 10.2 Å². The normalized spacial score (nSPS) is 15.6. The van der Waals surface area contributed by atoms with E-state index >= 15 is 0 Å². The van der Waals surface area contributed by atoms with Crippen molar-refractivity contribution in [2.75, 3.05) is 6.61 Å². The molecule has 4 rings (SSSR count). The molecular formula is C18H22N4O2. The van der Waals surface area contributed by atoms with Crippen LogP contribution in [0.1, 0.15) is 41.5 Å². The number of hydrogen-bond acceptors (Lipinski definition) is 5. The lowest BCUT2D eigenvalue weighted by molar-refractivity contribution is 0.0804. The summed E-state index contributed by atoms with van der Waals surface area (Å²) in [6.45, 7) is 9.08. The summed E-state index contributed by atoms with van der Waals surface area (Å²) in [5, 5.41) is 13.1. The number of nitrogens with zero attached hydrogens (tertiary/aromatic N) is 3. The second kappa shape index (κ2) is 6.03. The van der Waals surface area contributed by atoms with Gasteiger partial charge in [0.1, 0.15) is 23.8 Å². The van der Waals surface area contributed by atoms with Gasteiger partial charge < -0.3 is 19.0 Å². The lowest BCUT2D eigenvalue weighted by atomic mass is 10.1. The Balaban J connectivity index is 1.50. The molecule has 1 aliphatic heterocycles. The van der Waals surface area contributed by atoms with E-state index in [1.54, 1.807) is 0 Å². The average Bonchev–Trinajstić information content (AvgIpc) is 3.17. The Hall–Kier alpha value is -2.18. The van der Waals surface area contributed by atoms with Crippen LogP contribution >= 0.6 is 0 Å². The van der Waals surface area contributed by atoms with E-state index in [2.05, 4.69) is 59.1 Å². The summed E-state index contributed by atoms with van der Waals surface area (Å²) in [7, 11) is 0. The third-order valence-electron chi connectivity index (χ3n) is 4.74. The Bertz CT molecular complexity index is 842. The van der Waals surface area contributed by atoms with Gasteiger partial charge >= 0.3 is 0 Å². The first-order valence-electron chi connectivity index (χ1n) is 8.34. The van der Waals surface area contributed by atoms with Gasteiger partial charge in [-0.1, -0.05) is 0 Å². The predicted molar refractivity (Wildman–Crippen MR) is 90.6 cm³/mol. The Kier molecular flexibility index (Phi) is 3.86. The highest BCUT2D eigenvalue weighted by Gasteiger charge is 2.18. The number of rotatable bonds is 4. The highest BCUT2D eigenvalue weighted by Crippen LogP contribution is 2.26. The molecular weight excluding hydrogens is 304 g/mol. The van der Waals surface area contributed by atoms with E-state index in [-0.39, 0.29) is 6.04 Å². The molecule has 6 heteroatoms. The maximum absolute atomic E-state index is 6.02. The predicted octanol–water partition coefficient (Wildman–Crippen LogP) is 3.02. The van der Waals surface area contributed by atoms with Crippen LogP contribution in [0.15, 0.2) is 22.6 Å². The van der Waals surface area contributed by atoms with Gasteiger partial charge in [0.25, 0.3) is 0 Å². The SMILES string of the molecule is Cc1cc2cc(C(C)NCc3nnc4n3CCOC4)oc2cc1C. The number of aryl methyl sites for hydroxylation is 2. The van der Waals surface area contributed by atoms with E-state index < -0.39 is 0 Å². The molecule has 1 aromatic carbocycles. The summed E-state index contributed by atoms with van der Waals surface area (Å²) in [5.41, 5.74) is 3.48. The van der Waals surface area contributed by atoms with Gasteiger partial charge in [-0.3, -0.25) is 0 Å². The summed E-state index contributed by atoms with van der Waals surface area (Å²) < 4.78 is 13.6. The topological polar surface area (TPSA) is 65.1 Å². The Labute approximate surface area is 140 Å². The van der Waals surface area contributed by atoms with Crippen molar-refractivity contribution in [1.29, 1.82) is 0 Å². The van der Waals surface area contributed by atoms with Crippen molar-refractivity contribution in [2.45, 2.75) is 46.5 Å².